The second-order valence-electron chi connectivity index (χ2n) is 5.82. The largest absolute Gasteiger partial charge is 0.323 e. The molecule has 0 radical (unpaired) electrons. The van der Waals surface area contributed by atoms with Crippen LogP contribution in [0.2, 0.25) is 0 Å². The lowest BCUT2D eigenvalue weighted by Crippen LogP contribution is -2.49. The second-order valence-corrected chi connectivity index (χ2v) is 5.82. The van der Waals surface area contributed by atoms with Gasteiger partial charge < -0.3 is 4.90 Å². The fourth-order valence-corrected chi connectivity index (χ4v) is 3.75. The van der Waals surface area contributed by atoms with E-state index in [4.69, 9.17) is 0 Å². The van der Waals surface area contributed by atoms with E-state index in [1.165, 1.54) is 32.1 Å². The van der Waals surface area contributed by atoms with Gasteiger partial charge in [-0.05, 0) is 31.6 Å². The molecular weight excluding hydrogens is 224 g/mol. The highest BCUT2D eigenvalue weighted by molar-refractivity contribution is 5.84. The quantitative estimate of drug-likeness (QED) is 0.834. The van der Waals surface area contributed by atoms with Crippen LogP contribution in [0.15, 0.2) is 0 Å². The van der Waals surface area contributed by atoms with Crippen LogP contribution in [-0.4, -0.2) is 29.1 Å². The summed E-state index contributed by atoms with van der Waals surface area (Å²) in [5.41, 5.74) is 0. The summed E-state index contributed by atoms with van der Waals surface area (Å²) in [5.74, 6) is 1.07. The standard InChI is InChI=1S/C15H28N2O/c1-4-11-9-7-8-10-13(11)17-14(6-3)16-12(5-2)15(17)18/h11-14,16H,4-10H2,1-3H3. The summed E-state index contributed by atoms with van der Waals surface area (Å²) in [6.45, 7) is 6.55. The minimum absolute atomic E-state index is 0.0642. The molecule has 1 saturated heterocycles. The lowest BCUT2D eigenvalue weighted by molar-refractivity contribution is -0.134. The van der Waals surface area contributed by atoms with Gasteiger partial charge in [0, 0.05) is 6.04 Å². The zero-order valence-electron chi connectivity index (χ0n) is 12.1. The van der Waals surface area contributed by atoms with Crippen LogP contribution < -0.4 is 5.32 Å². The SMILES string of the molecule is CCC1NC(CC)N(C2CCCCC2CC)C1=O. The fraction of sp³-hybridized carbons (Fsp3) is 0.933. The Morgan fingerprint density at radius 3 is 2.44 bits per heavy atom. The van der Waals surface area contributed by atoms with E-state index in [1.54, 1.807) is 0 Å². The smallest absolute Gasteiger partial charge is 0.241 e. The summed E-state index contributed by atoms with van der Waals surface area (Å²) in [6.07, 6.45) is 8.57. The number of nitrogens with one attached hydrogen (secondary N) is 1. The van der Waals surface area contributed by atoms with E-state index in [9.17, 15) is 4.79 Å². The zero-order valence-corrected chi connectivity index (χ0v) is 12.1. The van der Waals surface area contributed by atoms with Crippen molar-refractivity contribution in [3.05, 3.63) is 0 Å². The number of carbonyl (C=O) groups is 1. The van der Waals surface area contributed by atoms with Crippen molar-refractivity contribution in [3.8, 4) is 0 Å². The Balaban J connectivity index is 2.15. The molecule has 2 aliphatic rings. The van der Waals surface area contributed by atoms with E-state index < -0.39 is 0 Å². The van der Waals surface area contributed by atoms with Crippen LogP contribution in [0, 0.1) is 5.92 Å². The Labute approximate surface area is 111 Å². The highest BCUT2D eigenvalue weighted by Gasteiger charge is 2.43. The molecule has 18 heavy (non-hydrogen) atoms. The van der Waals surface area contributed by atoms with Crippen LogP contribution in [0.25, 0.3) is 0 Å². The lowest BCUT2D eigenvalue weighted by Gasteiger charge is -2.40. The summed E-state index contributed by atoms with van der Waals surface area (Å²) < 4.78 is 0. The van der Waals surface area contributed by atoms with Gasteiger partial charge in [-0.1, -0.05) is 40.0 Å². The van der Waals surface area contributed by atoms with Crippen molar-refractivity contribution in [2.45, 2.75) is 84.0 Å². The monoisotopic (exact) mass is 252 g/mol. The molecule has 1 aliphatic carbocycles. The molecule has 0 spiro atoms. The molecule has 104 valence electrons. The van der Waals surface area contributed by atoms with Crippen LogP contribution in [0.1, 0.15) is 65.7 Å². The first kappa shape index (κ1) is 13.9. The van der Waals surface area contributed by atoms with Gasteiger partial charge in [-0.2, -0.15) is 0 Å². The van der Waals surface area contributed by atoms with Gasteiger partial charge in [-0.3, -0.25) is 10.1 Å². The molecule has 0 aromatic carbocycles. The number of amides is 1. The van der Waals surface area contributed by atoms with Crippen LogP contribution in [0.5, 0.6) is 0 Å². The van der Waals surface area contributed by atoms with E-state index in [2.05, 4.69) is 31.0 Å². The van der Waals surface area contributed by atoms with Gasteiger partial charge in [0.1, 0.15) is 0 Å². The first-order chi connectivity index (χ1) is 8.72. The molecule has 1 aliphatic heterocycles. The minimum Gasteiger partial charge on any atom is -0.323 e. The highest BCUT2D eigenvalue weighted by atomic mass is 16.2. The number of hydrogen-bond acceptors (Lipinski definition) is 2. The average Bonchev–Trinajstić information content (AvgIpc) is 2.74. The van der Waals surface area contributed by atoms with Gasteiger partial charge in [0.2, 0.25) is 5.91 Å². The Morgan fingerprint density at radius 2 is 1.83 bits per heavy atom. The van der Waals surface area contributed by atoms with Crippen LogP contribution >= 0.6 is 0 Å². The minimum atomic E-state index is 0.0642. The molecule has 0 aromatic rings. The zero-order chi connectivity index (χ0) is 13.1. The molecule has 0 aromatic heterocycles. The van der Waals surface area contributed by atoms with Gasteiger partial charge in [0.25, 0.3) is 0 Å². The average molecular weight is 252 g/mol. The van der Waals surface area contributed by atoms with Gasteiger partial charge >= 0.3 is 0 Å². The molecule has 1 saturated carbocycles. The Bertz CT molecular complexity index is 292. The van der Waals surface area contributed by atoms with Crippen LogP contribution in [0.3, 0.4) is 0 Å². The topological polar surface area (TPSA) is 32.3 Å². The summed E-state index contributed by atoms with van der Waals surface area (Å²) >= 11 is 0. The van der Waals surface area contributed by atoms with Crippen LogP contribution in [0.4, 0.5) is 0 Å². The lowest BCUT2D eigenvalue weighted by atomic mass is 9.81. The Kier molecular flexibility index (Phi) is 4.66. The number of rotatable bonds is 4. The third-order valence-electron chi connectivity index (χ3n) is 4.83. The number of carbonyl (C=O) groups excluding carboxylic acids is 1. The summed E-state index contributed by atoms with van der Waals surface area (Å²) in [4.78, 5) is 14.7. The van der Waals surface area contributed by atoms with Crippen molar-refractivity contribution in [2.24, 2.45) is 5.92 Å². The van der Waals surface area contributed by atoms with E-state index in [-0.39, 0.29) is 12.2 Å². The maximum absolute atomic E-state index is 12.5. The van der Waals surface area contributed by atoms with Crippen molar-refractivity contribution < 1.29 is 4.79 Å². The summed E-state index contributed by atoms with van der Waals surface area (Å²) in [5, 5.41) is 3.51. The van der Waals surface area contributed by atoms with E-state index in [1.807, 2.05) is 0 Å². The van der Waals surface area contributed by atoms with E-state index in [0.717, 1.165) is 12.8 Å². The molecule has 3 nitrogen and oxygen atoms in total. The predicted octanol–water partition coefficient (Wildman–Crippen LogP) is 2.90. The molecule has 1 amide bonds. The second kappa shape index (κ2) is 6.05. The number of nitrogens with zero attached hydrogens (tertiary/aromatic N) is 1. The van der Waals surface area contributed by atoms with Gasteiger partial charge in [-0.15, -0.1) is 0 Å². The van der Waals surface area contributed by atoms with Crippen molar-refractivity contribution in [3.63, 3.8) is 0 Å². The molecule has 0 bridgehead atoms. The normalized spacial score (nSPS) is 37.3. The predicted molar refractivity (Wildman–Crippen MR) is 74.2 cm³/mol. The molecule has 2 rings (SSSR count). The molecule has 3 heteroatoms. The van der Waals surface area contributed by atoms with E-state index in [0.29, 0.717) is 17.9 Å². The third-order valence-corrected chi connectivity index (χ3v) is 4.83. The fourth-order valence-electron chi connectivity index (χ4n) is 3.75. The Morgan fingerprint density at radius 1 is 1.11 bits per heavy atom. The van der Waals surface area contributed by atoms with Crippen molar-refractivity contribution in [1.82, 2.24) is 10.2 Å². The summed E-state index contributed by atoms with van der Waals surface area (Å²) in [7, 11) is 0. The highest BCUT2D eigenvalue weighted by Crippen LogP contribution is 2.34. The molecule has 2 fully saturated rings. The van der Waals surface area contributed by atoms with E-state index >= 15 is 0 Å². The molecule has 1 N–H and O–H groups in total. The third kappa shape index (κ3) is 2.42. The van der Waals surface area contributed by atoms with Crippen molar-refractivity contribution in [2.75, 3.05) is 0 Å². The maximum atomic E-state index is 12.5. The molecule has 4 unspecified atom stereocenters. The first-order valence-electron chi connectivity index (χ1n) is 7.81. The van der Waals surface area contributed by atoms with Gasteiger partial charge in [0.15, 0.2) is 0 Å². The first-order valence-corrected chi connectivity index (χ1v) is 7.81. The van der Waals surface area contributed by atoms with Gasteiger partial charge in [-0.25, -0.2) is 0 Å². The Hall–Kier alpha value is -0.570. The molecule has 1 heterocycles. The molecule has 4 atom stereocenters. The van der Waals surface area contributed by atoms with Crippen molar-refractivity contribution in [1.29, 1.82) is 0 Å². The maximum Gasteiger partial charge on any atom is 0.241 e. The summed E-state index contributed by atoms with van der Waals surface area (Å²) in [6, 6.07) is 0.555. The molecular formula is C15H28N2O. The number of hydrogen-bond donors (Lipinski definition) is 1. The van der Waals surface area contributed by atoms with Gasteiger partial charge in [0.05, 0.1) is 12.2 Å². The van der Waals surface area contributed by atoms with Crippen molar-refractivity contribution >= 4 is 5.91 Å². The van der Waals surface area contributed by atoms with Crippen LogP contribution in [-0.2, 0) is 4.79 Å².